The van der Waals surface area contributed by atoms with E-state index in [1.807, 2.05) is 31.2 Å². The third-order valence-corrected chi connectivity index (χ3v) is 5.14. The van der Waals surface area contributed by atoms with Crippen LogP contribution in [0.5, 0.6) is 5.75 Å². The second kappa shape index (κ2) is 8.14. The zero-order valence-electron chi connectivity index (χ0n) is 15.1. The lowest BCUT2D eigenvalue weighted by atomic mass is 10.2. The van der Waals surface area contributed by atoms with Crippen LogP contribution in [0.1, 0.15) is 23.2 Å². The van der Waals surface area contributed by atoms with Crippen molar-refractivity contribution in [2.75, 3.05) is 19.0 Å². The van der Waals surface area contributed by atoms with Crippen LogP contribution in [0.4, 0.5) is 5.82 Å². The van der Waals surface area contributed by atoms with Gasteiger partial charge in [0.05, 0.1) is 19.0 Å². The molecular weight excluding hydrogens is 348 g/mol. The van der Waals surface area contributed by atoms with E-state index in [0.717, 1.165) is 28.0 Å². The van der Waals surface area contributed by atoms with E-state index in [1.54, 1.807) is 18.4 Å². The molecule has 2 N–H and O–H groups in total. The molecule has 1 amide bonds. The van der Waals surface area contributed by atoms with Crippen LogP contribution >= 0.6 is 11.3 Å². The average Bonchev–Trinajstić information content (AvgIpc) is 3.07. The molecule has 0 aliphatic heterocycles. The van der Waals surface area contributed by atoms with Crippen molar-refractivity contribution >= 4 is 33.3 Å². The Bertz CT molecular complexity index is 906. The maximum absolute atomic E-state index is 12.2. The average molecular weight is 370 g/mol. The second-order valence-corrected chi connectivity index (χ2v) is 7.00. The van der Waals surface area contributed by atoms with Crippen LogP contribution in [0.15, 0.2) is 30.3 Å². The molecule has 0 bridgehead atoms. The Morgan fingerprint density at radius 2 is 2.00 bits per heavy atom. The normalized spacial score (nSPS) is 10.7. The number of nitrogens with one attached hydrogen (secondary N) is 2. The molecule has 0 fully saturated rings. The summed E-state index contributed by atoms with van der Waals surface area (Å²) < 4.78 is 5.13. The van der Waals surface area contributed by atoms with Crippen LogP contribution in [0.25, 0.3) is 10.2 Å². The quantitative estimate of drug-likeness (QED) is 0.667. The summed E-state index contributed by atoms with van der Waals surface area (Å²) >= 11 is 1.67. The molecule has 0 aliphatic carbocycles. The minimum absolute atomic E-state index is 0.0869. The van der Waals surface area contributed by atoms with E-state index in [-0.39, 0.29) is 12.5 Å². The first kappa shape index (κ1) is 18.1. The van der Waals surface area contributed by atoms with Crippen molar-refractivity contribution in [1.82, 2.24) is 15.3 Å². The predicted molar refractivity (Wildman–Crippen MR) is 105 cm³/mol. The molecule has 6 nitrogen and oxygen atoms in total. The van der Waals surface area contributed by atoms with Crippen molar-refractivity contribution in [3.63, 3.8) is 0 Å². The number of anilines is 1. The van der Waals surface area contributed by atoms with E-state index < -0.39 is 0 Å². The molecule has 0 radical (unpaired) electrons. The molecule has 0 aliphatic rings. The lowest BCUT2D eigenvalue weighted by molar-refractivity contribution is -0.119. The van der Waals surface area contributed by atoms with Gasteiger partial charge in [0.2, 0.25) is 5.91 Å². The number of rotatable bonds is 7. The van der Waals surface area contributed by atoms with E-state index in [4.69, 9.17) is 4.74 Å². The van der Waals surface area contributed by atoms with Gasteiger partial charge < -0.3 is 15.4 Å². The molecule has 7 heteroatoms. The number of amides is 1. The fourth-order valence-corrected chi connectivity index (χ4v) is 3.57. The number of aryl methyl sites for hydroxylation is 2. The Hall–Kier alpha value is -2.67. The lowest BCUT2D eigenvalue weighted by Crippen LogP contribution is -2.29. The summed E-state index contributed by atoms with van der Waals surface area (Å²) in [6, 6.07) is 9.71. The van der Waals surface area contributed by atoms with Gasteiger partial charge in [-0.1, -0.05) is 19.1 Å². The van der Waals surface area contributed by atoms with Gasteiger partial charge in [0, 0.05) is 11.4 Å². The number of fused-ring (bicyclic) bond motifs is 1. The van der Waals surface area contributed by atoms with Crippen molar-refractivity contribution in [2.45, 2.75) is 26.8 Å². The monoisotopic (exact) mass is 370 g/mol. The summed E-state index contributed by atoms with van der Waals surface area (Å²) in [4.78, 5) is 23.3. The molecule has 2 heterocycles. The van der Waals surface area contributed by atoms with Crippen molar-refractivity contribution < 1.29 is 9.53 Å². The highest BCUT2D eigenvalue weighted by Crippen LogP contribution is 2.29. The van der Waals surface area contributed by atoms with Gasteiger partial charge in [-0.15, -0.1) is 11.3 Å². The van der Waals surface area contributed by atoms with Gasteiger partial charge in [-0.05, 0) is 37.1 Å². The number of ether oxygens (including phenoxy) is 1. The summed E-state index contributed by atoms with van der Waals surface area (Å²) in [6.45, 7) is 4.62. The molecule has 0 unspecified atom stereocenters. The third kappa shape index (κ3) is 4.29. The Labute approximate surface area is 156 Å². The summed E-state index contributed by atoms with van der Waals surface area (Å²) in [5.41, 5.74) is 1.02. The molecule has 136 valence electrons. The Morgan fingerprint density at radius 3 is 2.69 bits per heavy atom. The summed E-state index contributed by atoms with van der Waals surface area (Å²) in [7, 11) is 1.63. The fourth-order valence-electron chi connectivity index (χ4n) is 2.56. The number of carbonyl (C=O) groups is 1. The first-order chi connectivity index (χ1) is 12.6. The minimum Gasteiger partial charge on any atom is -0.497 e. The van der Waals surface area contributed by atoms with E-state index in [1.165, 1.54) is 4.88 Å². The van der Waals surface area contributed by atoms with Crippen LogP contribution in [-0.4, -0.2) is 29.5 Å². The summed E-state index contributed by atoms with van der Waals surface area (Å²) in [5, 5.41) is 7.02. The van der Waals surface area contributed by atoms with Gasteiger partial charge in [0.1, 0.15) is 22.2 Å². The topological polar surface area (TPSA) is 76.1 Å². The molecule has 1 aromatic carbocycles. The van der Waals surface area contributed by atoms with Crippen molar-refractivity contribution in [1.29, 1.82) is 0 Å². The fraction of sp³-hybridized carbons (Fsp3) is 0.316. The lowest BCUT2D eigenvalue weighted by Gasteiger charge is -2.09. The highest BCUT2D eigenvalue weighted by Gasteiger charge is 2.11. The number of thiophene rings is 1. The first-order valence-corrected chi connectivity index (χ1v) is 9.31. The van der Waals surface area contributed by atoms with Crippen LogP contribution in [0.2, 0.25) is 0 Å². The largest absolute Gasteiger partial charge is 0.497 e. The van der Waals surface area contributed by atoms with Gasteiger partial charge in [0.15, 0.2) is 0 Å². The number of aromatic nitrogens is 2. The zero-order chi connectivity index (χ0) is 18.5. The van der Waals surface area contributed by atoms with E-state index in [9.17, 15) is 4.79 Å². The van der Waals surface area contributed by atoms with Crippen LogP contribution in [-0.2, 0) is 17.8 Å². The maximum Gasteiger partial charge on any atom is 0.239 e. The smallest absolute Gasteiger partial charge is 0.239 e. The number of hydrogen-bond acceptors (Lipinski definition) is 6. The molecular formula is C19H22N4O2S. The Kier molecular flexibility index (Phi) is 5.68. The standard InChI is InChI=1S/C19H22N4O2S/c1-4-15-9-16-18(22-12(2)23-19(16)26-15)21-11-17(24)20-10-13-5-7-14(25-3)8-6-13/h5-9H,4,10-11H2,1-3H3,(H,20,24)(H,21,22,23). The Morgan fingerprint density at radius 1 is 1.23 bits per heavy atom. The number of methoxy groups -OCH3 is 1. The van der Waals surface area contributed by atoms with Gasteiger partial charge in [0.25, 0.3) is 0 Å². The van der Waals surface area contributed by atoms with Gasteiger partial charge in [-0.2, -0.15) is 0 Å². The van der Waals surface area contributed by atoms with Crippen LogP contribution < -0.4 is 15.4 Å². The Balaban J connectivity index is 1.60. The second-order valence-electron chi connectivity index (χ2n) is 5.88. The molecule has 0 saturated carbocycles. The third-order valence-electron chi connectivity index (χ3n) is 3.97. The van der Waals surface area contributed by atoms with Crippen molar-refractivity contribution in [3.8, 4) is 5.75 Å². The summed E-state index contributed by atoms with van der Waals surface area (Å²) in [5.74, 6) is 2.12. The van der Waals surface area contributed by atoms with Crippen LogP contribution in [0, 0.1) is 6.92 Å². The molecule has 26 heavy (non-hydrogen) atoms. The van der Waals surface area contributed by atoms with Gasteiger partial charge >= 0.3 is 0 Å². The number of hydrogen-bond donors (Lipinski definition) is 2. The highest BCUT2D eigenvalue weighted by molar-refractivity contribution is 7.18. The zero-order valence-corrected chi connectivity index (χ0v) is 15.9. The number of benzene rings is 1. The van der Waals surface area contributed by atoms with Crippen LogP contribution in [0.3, 0.4) is 0 Å². The minimum atomic E-state index is -0.0869. The first-order valence-electron chi connectivity index (χ1n) is 8.49. The molecule has 0 spiro atoms. The molecule has 3 rings (SSSR count). The molecule has 0 saturated heterocycles. The molecule has 0 atom stereocenters. The number of nitrogens with zero attached hydrogens (tertiary/aromatic N) is 2. The van der Waals surface area contributed by atoms with Crippen molar-refractivity contribution in [3.05, 3.63) is 46.6 Å². The van der Waals surface area contributed by atoms with E-state index in [2.05, 4.69) is 33.6 Å². The van der Waals surface area contributed by atoms with Crippen molar-refractivity contribution in [2.24, 2.45) is 0 Å². The van der Waals surface area contributed by atoms with Gasteiger partial charge in [-0.3, -0.25) is 4.79 Å². The molecule has 3 aromatic rings. The summed E-state index contributed by atoms with van der Waals surface area (Å²) in [6.07, 6.45) is 0.960. The highest BCUT2D eigenvalue weighted by atomic mass is 32.1. The maximum atomic E-state index is 12.2. The van der Waals surface area contributed by atoms with E-state index in [0.29, 0.717) is 18.2 Å². The predicted octanol–water partition coefficient (Wildman–Crippen LogP) is 3.30. The van der Waals surface area contributed by atoms with E-state index >= 15 is 0 Å². The van der Waals surface area contributed by atoms with Gasteiger partial charge in [-0.25, -0.2) is 9.97 Å². The number of carbonyl (C=O) groups excluding carboxylic acids is 1. The SMILES string of the molecule is CCc1cc2c(NCC(=O)NCc3ccc(OC)cc3)nc(C)nc2s1. The molecule has 2 aromatic heterocycles.